The van der Waals surface area contributed by atoms with Crippen molar-refractivity contribution in [2.75, 3.05) is 13.1 Å². The van der Waals surface area contributed by atoms with Crippen molar-refractivity contribution in [2.24, 2.45) is 11.5 Å². The van der Waals surface area contributed by atoms with E-state index in [1.807, 2.05) is 0 Å². The zero-order valence-electron chi connectivity index (χ0n) is 10.4. The summed E-state index contributed by atoms with van der Waals surface area (Å²) in [5, 5.41) is 18.5. The number of carboxylic acid groups (broad SMARTS) is 2. The normalized spacial score (nSPS) is 10.8. The number of carbonyl (C=O) groups excluding carboxylic acids is 1. The first-order chi connectivity index (χ1) is 8.31. The van der Waals surface area contributed by atoms with Crippen molar-refractivity contribution in [3.63, 3.8) is 0 Å². The molecule has 0 saturated carbocycles. The number of hydrogen-bond donors (Lipinski definition) is 5. The molecule has 1 atom stereocenters. The molecule has 0 saturated heterocycles. The van der Waals surface area contributed by atoms with E-state index >= 15 is 0 Å². The van der Waals surface area contributed by atoms with E-state index < -0.39 is 18.0 Å². The third-order valence-electron chi connectivity index (χ3n) is 1.77. The Labute approximate surface area is 105 Å². The summed E-state index contributed by atoms with van der Waals surface area (Å²) in [5.41, 5.74) is 10.3. The summed E-state index contributed by atoms with van der Waals surface area (Å²) in [6.45, 7) is 1.58. The SMILES string of the molecule is CC(=O)O.NCC(=O)NCCCC[C@H](N)C(=O)O. The topological polar surface area (TPSA) is 156 Å². The van der Waals surface area contributed by atoms with Crippen LogP contribution in [0.5, 0.6) is 0 Å². The fourth-order valence-corrected chi connectivity index (χ4v) is 0.913. The Kier molecular flexibility index (Phi) is 12.3. The third-order valence-corrected chi connectivity index (χ3v) is 1.77. The predicted octanol–water partition coefficient (Wildman–Crippen LogP) is -1.27. The molecule has 0 unspecified atom stereocenters. The number of nitrogens with one attached hydrogen (secondary N) is 1. The molecule has 0 aliphatic heterocycles. The van der Waals surface area contributed by atoms with Gasteiger partial charge < -0.3 is 27.0 Å². The second-order valence-corrected chi connectivity index (χ2v) is 3.51. The van der Waals surface area contributed by atoms with Crippen LogP contribution in [0.25, 0.3) is 0 Å². The van der Waals surface area contributed by atoms with Crippen molar-refractivity contribution in [1.29, 1.82) is 0 Å². The van der Waals surface area contributed by atoms with Crippen molar-refractivity contribution in [1.82, 2.24) is 5.32 Å². The summed E-state index contributed by atoms with van der Waals surface area (Å²) in [7, 11) is 0. The Morgan fingerprint density at radius 2 is 1.72 bits per heavy atom. The summed E-state index contributed by atoms with van der Waals surface area (Å²) >= 11 is 0. The number of aliphatic carboxylic acids is 2. The van der Waals surface area contributed by atoms with Crippen LogP contribution in [0.3, 0.4) is 0 Å². The van der Waals surface area contributed by atoms with Crippen LogP contribution in [0, 0.1) is 0 Å². The minimum atomic E-state index is -0.990. The second-order valence-electron chi connectivity index (χ2n) is 3.51. The van der Waals surface area contributed by atoms with Crippen LogP contribution in [0.4, 0.5) is 0 Å². The fraction of sp³-hybridized carbons (Fsp3) is 0.700. The Balaban J connectivity index is 0. The smallest absolute Gasteiger partial charge is 0.320 e. The van der Waals surface area contributed by atoms with Gasteiger partial charge in [0.1, 0.15) is 6.04 Å². The molecule has 0 aliphatic rings. The van der Waals surface area contributed by atoms with Crippen molar-refractivity contribution in [3.8, 4) is 0 Å². The molecule has 0 aromatic heterocycles. The molecule has 0 aromatic carbocycles. The predicted molar refractivity (Wildman–Crippen MR) is 64.8 cm³/mol. The highest BCUT2D eigenvalue weighted by Crippen LogP contribution is 1.97. The molecule has 0 spiro atoms. The number of carbonyl (C=O) groups is 3. The lowest BCUT2D eigenvalue weighted by Gasteiger charge is -2.06. The van der Waals surface area contributed by atoms with Gasteiger partial charge >= 0.3 is 5.97 Å². The molecule has 7 N–H and O–H groups in total. The van der Waals surface area contributed by atoms with E-state index in [4.69, 9.17) is 26.5 Å². The van der Waals surface area contributed by atoms with Crippen molar-refractivity contribution < 1.29 is 24.6 Å². The summed E-state index contributed by atoms with van der Waals surface area (Å²) in [6.07, 6.45) is 1.82. The van der Waals surface area contributed by atoms with Gasteiger partial charge in [0.2, 0.25) is 5.91 Å². The van der Waals surface area contributed by atoms with Crippen LogP contribution >= 0.6 is 0 Å². The highest BCUT2D eigenvalue weighted by atomic mass is 16.4. The second kappa shape index (κ2) is 11.8. The van der Waals surface area contributed by atoms with Gasteiger partial charge in [0, 0.05) is 13.5 Å². The molecule has 0 aromatic rings. The van der Waals surface area contributed by atoms with Crippen molar-refractivity contribution in [3.05, 3.63) is 0 Å². The molecular formula is C10H21N3O5. The van der Waals surface area contributed by atoms with E-state index in [0.717, 1.165) is 6.92 Å². The van der Waals surface area contributed by atoms with E-state index in [0.29, 0.717) is 25.8 Å². The van der Waals surface area contributed by atoms with Gasteiger partial charge in [-0.3, -0.25) is 14.4 Å². The van der Waals surface area contributed by atoms with Gasteiger partial charge in [0.15, 0.2) is 0 Å². The lowest BCUT2D eigenvalue weighted by molar-refractivity contribution is -0.138. The molecule has 0 radical (unpaired) electrons. The number of unbranched alkanes of at least 4 members (excludes halogenated alkanes) is 1. The number of rotatable bonds is 7. The summed E-state index contributed by atoms with van der Waals surface area (Å²) in [6, 6.07) is -0.805. The molecule has 1 amide bonds. The van der Waals surface area contributed by atoms with Gasteiger partial charge in [-0.2, -0.15) is 0 Å². The zero-order chi connectivity index (χ0) is 14.6. The molecule has 0 aliphatic carbocycles. The highest BCUT2D eigenvalue weighted by Gasteiger charge is 2.09. The quantitative estimate of drug-likeness (QED) is 0.358. The first-order valence-electron chi connectivity index (χ1n) is 5.46. The maximum absolute atomic E-state index is 10.7. The van der Waals surface area contributed by atoms with Crippen LogP contribution in [0.15, 0.2) is 0 Å². The maximum atomic E-state index is 10.7. The molecular weight excluding hydrogens is 242 g/mol. The zero-order valence-corrected chi connectivity index (χ0v) is 10.4. The van der Waals surface area contributed by atoms with Crippen LogP contribution < -0.4 is 16.8 Å². The van der Waals surface area contributed by atoms with E-state index in [9.17, 15) is 9.59 Å². The van der Waals surface area contributed by atoms with Gasteiger partial charge in [0.25, 0.3) is 5.97 Å². The Morgan fingerprint density at radius 3 is 2.11 bits per heavy atom. The number of hydrogen-bond acceptors (Lipinski definition) is 5. The Morgan fingerprint density at radius 1 is 1.22 bits per heavy atom. The fourth-order valence-electron chi connectivity index (χ4n) is 0.913. The minimum Gasteiger partial charge on any atom is -0.481 e. The summed E-state index contributed by atoms with van der Waals surface area (Å²) in [5.74, 6) is -2.02. The van der Waals surface area contributed by atoms with Crippen LogP contribution in [-0.2, 0) is 14.4 Å². The van der Waals surface area contributed by atoms with E-state index in [-0.39, 0.29) is 12.5 Å². The summed E-state index contributed by atoms with van der Waals surface area (Å²) in [4.78, 5) is 30.0. The van der Waals surface area contributed by atoms with Crippen LogP contribution in [0.2, 0.25) is 0 Å². The van der Waals surface area contributed by atoms with Gasteiger partial charge in [-0.1, -0.05) is 0 Å². The molecule has 0 bridgehead atoms. The van der Waals surface area contributed by atoms with Crippen LogP contribution in [-0.4, -0.2) is 47.2 Å². The molecule has 18 heavy (non-hydrogen) atoms. The first kappa shape index (κ1) is 18.7. The number of amides is 1. The van der Waals surface area contributed by atoms with Crippen molar-refractivity contribution in [2.45, 2.75) is 32.2 Å². The van der Waals surface area contributed by atoms with Gasteiger partial charge in [-0.05, 0) is 19.3 Å². The van der Waals surface area contributed by atoms with Gasteiger partial charge in [-0.15, -0.1) is 0 Å². The largest absolute Gasteiger partial charge is 0.481 e. The lowest BCUT2D eigenvalue weighted by Crippen LogP contribution is -2.32. The molecule has 0 heterocycles. The van der Waals surface area contributed by atoms with Crippen molar-refractivity contribution >= 4 is 17.8 Å². The monoisotopic (exact) mass is 263 g/mol. The molecule has 8 nitrogen and oxygen atoms in total. The molecule has 8 heteroatoms. The first-order valence-corrected chi connectivity index (χ1v) is 5.46. The average Bonchev–Trinajstić information content (AvgIpc) is 2.27. The summed E-state index contributed by atoms with van der Waals surface area (Å²) < 4.78 is 0. The molecule has 0 rings (SSSR count). The molecule has 0 fully saturated rings. The van der Waals surface area contributed by atoms with E-state index in [1.54, 1.807) is 0 Å². The van der Waals surface area contributed by atoms with E-state index in [2.05, 4.69) is 5.32 Å². The Hall–Kier alpha value is -1.67. The Bertz CT molecular complexity index is 266. The average molecular weight is 263 g/mol. The number of nitrogens with two attached hydrogens (primary N) is 2. The highest BCUT2D eigenvalue weighted by molar-refractivity contribution is 5.77. The standard InChI is InChI=1S/C8H17N3O3.C2H4O2/c9-5-7(12)11-4-2-1-3-6(10)8(13)14;1-2(3)4/h6H,1-5,9-10H2,(H,11,12)(H,13,14);1H3,(H,3,4)/t6-;/m0./s1. The molecule has 106 valence electrons. The minimum absolute atomic E-state index is 0.0192. The lowest BCUT2D eigenvalue weighted by atomic mass is 10.1. The third kappa shape index (κ3) is 16.7. The van der Waals surface area contributed by atoms with Gasteiger partial charge in [0.05, 0.1) is 6.54 Å². The van der Waals surface area contributed by atoms with Crippen LogP contribution in [0.1, 0.15) is 26.2 Å². The maximum Gasteiger partial charge on any atom is 0.320 e. The number of carboxylic acids is 2. The van der Waals surface area contributed by atoms with Gasteiger partial charge in [-0.25, -0.2) is 0 Å². The van der Waals surface area contributed by atoms with E-state index in [1.165, 1.54) is 0 Å².